The molecule has 0 saturated carbocycles. The van der Waals surface area contributed by atoms with Gasteiger partial charge < -0.3 is 5.32 Å². The minimum atomic E-state index is -0.169. The molecular formula is C23H24N4O2. The number of nitrogens with one attached hydrogen (secondary N) is 1. The van der Waals surface area contributed by atoms with Crippen molar-refractivity contribution in [1.82, 2.24) is 10.3 Å². The first-order chi connectivity index (χ1) is 14.2. The van der Waals surface area contributed by atoms with Gasteiger partial charge in [0.15, 0.2) is 0 Å². The predicted molar refractivity (Wildman–Crippen MR) is 110 cm³/mol. The number of carbonyl (C=O) groups excluding carboxylic acids is 2. The third-order valence-corrected chi connectivity index (χ3v) is 5.47. The van der Waals surface area contributed by atoms with Crippen molar-refractivity contribution in [2.24, 2.45) is 10.2 Å². The van der Waals surface area contributed by atoms with Crippen molar-refractivity contribution in [3.63, 3.8) is 0 Å². The van der Waals surface area contributed by atoms with Crippen LogP contribution in [0.25, 0.3) is 0 Å². The van der Waals surface area contributed by atoms with Crippen LogP contribution in [0.15, 0.2) is 70.0 Å². The van der Waals surface area contributed by atoms with Crippen LogP contribution in [0.4, 0.5) is 0 Å². The fourth-order valence-electron chi connectivity index (χ4n) is 3.97. The van der Waals surface area contributed by atoms with Gasteiger partial charge in [0.2, 0.25) is 0 Å². The molecule has 2 aromatic rings. The fourth-order valence-corrected chi connectivity index (χ4v) is 3.97. The molecule has 1 atom stereocenters. The van der Waals surface area contributed by atoms with E-state index < -0.39 is 0 Å². The zero-order valence-electron chi connectivity index (χ0n) is 16.3. The maximum atomic E-state index is 12.5. The molecule has 6 heteroatoms. The summed E-state index contributed by atoms with van der Waals surface area (Å²) in [4.78, 5) is 28.8. The molecule has 1 aliphatic heterocycles. The van der Waals surface area contributed by atoms with Crippen LogP contribution in [0.3, 0.4) is 0 Å². The van der Waals surface area contributed by atoms with Crippen molar-refractivity contribution in [2.45, 2.75) is 44.6 Å². The molecule has 2 heterocycles. The van der Waals surface area contributed by atoms with Gasteiger partial charge in [-0.2, -0.15) is 5.11 Å². The topological polar surface area (TPSA) is 83.8 Å². The zero-order chi connectivity index (χ0) is 20.1. The zero-order valence-corrected chi connectivity index (χ0v) is 16.3. The summed E-state index contributed by atoms with van der Waals surface area (Å²) in [5.74, 6) is -0.266. The molecular weight excluding hydrogens is 364 g/mol. The lowest BCUT2D eigenvalue weighted by atomic mass is 9.84. The molecule has 0 bridgehead atoms. The monoisotopic (exact) mass is 388 g/mol. The average molecular weight is 388 g/mol. The summed E-state index contributed by atoms with van der Waals surface area (Å²) < 4.78 is 0. The van der Waals surface area contributed by atoms with E-state index in [2.05, 4.69) is 20.5 Å². The quantitative estimate of drug-likeness (QED) is 0.816. The number of pyridine rings is 1. The molecule has 4 rings (SSSR count). The van der Waals surface area contributed by atoms with Gasteiger partial charge in [-0.3, -0.25) is 14.6 Å². The van der Waals surface area contributed by atoms with E-state index in [9.17, 15) is 9.59 Å². The smallest absolute Gasteiger partial charge is 0.291 e. The molecule has 1 aromatic heterocycles. The van der Waals surface area contributed by atoms with E-state index in [4.69, 9.17) is 0 Å². The van der Waals surface area contributed by atoms with Gasteiger partial charge in [-0.1, -0.05) is 18.2 Å². The summed E-state index contributed by atoms with van der Waals surface area (Å²) in [6, 6.07) is 13.3. The van der Waals surface area contributed by atoms with Gasteiger partial charge in [0.05, 0.1) is 6.04 Å². The Kier molecular flexibility index (Phi) is 5.89. The number of nitrogens with zero attached hydrogens (tertiary/aromatic N) is 3. The minimum absolute atomic E-state index is 0.0922. The SMILES string of the molecule is O=C1N=NC(Cc2cccc(C(=O)NCCc3ccccn3)c2)C2=C1CCCC2. The molecule has 29 heavy (non-hydrogen) atoms. The first kappa shape index (κ1) is 19.2. The molecule has 6 nitrogen and oxygen atoms in total. The highest BCUT2D eigenvalue weighted by Gasteiger charge is 2.28. The van der Waals surface area contributed by atoms with E-state index in [0.29, 0.717) is 24.9 Å². The molecule has 148 valence electrons. The van der Waals surface area contributed by atoms with E-state index in [1.165, 1.54) is 0 Å². The van der Waals surface area contributed by atoms with Gasteiger partial charge in [0.1, 0.15) is 0 Å². The van der Waals surface area contributed by atoms with Crippen LogP contribution in [0.5, 0.6) is 0 Å². The summed E-state index contributed by atoms with van der Waals surface area (Å²) in [5, 5.41) is 11.1. The summed E-state index contributed by atoms with van der Waals surface area (Å²) in [6.07, 6.45) is 6.97. The van der Waals surface area contributed by atoms with E-state index in [0.717, 1.165) is 48.1 Å². The lowest BCUT2D eigenvalue weighted by molar-refractivity contribution is -0.115. The first-order valence-corrected chi connectivity index (χ1v) is 10.1. The van der Waals surface area contributed by atoms with E-state index >= 15 is 0 Å². The predicted octanol–water partition coefficient (Wildman–Crippen LogP) is 3.83. The second-order valence-corrected chi connectivity index (χ2v) is 7.48. The highest BCUT2D eigenvalue weighted by molar-refractivity contribution is 5.96. The number of aromatic nitrogens is 1. The highest BCUT2D eigenvalue weighted by atomic mass is 16.2. The Morgan fingerprint density at radius 1 is 1.10 bits per heavy atom. The number of benzene rings is 1. The molecule has 2 amide bonds. The normalized spacial score (nSPS) is 18.5. The standard InChI is InChI=1S/C23H24N4O2/c28-22(25-13-11-18-8-3-4-12-24-18)17-7-5-6-16(14-17)15-21-19-9-1-2-10-20(19)23(29)27-26-21/h3-8,12,14,21H,1-2,9-11,13,15H2,(H,25,28). The Morgan fingerprint density at radius 2 is 2.00 bits per heavy atom. The van der Waals surface area contributed by atoms with E-state index in [1.54, 1.807) is 6.20 Å². The van der Waals surface area contributed by atoms with Crippen LogP contribution in [0.2, 0.25) is 0 Å². The van der Waals surface area contributed by atoms with Crippen LogP contribution in [0, 0.1) is 0 Å². The van der Waals surface area contributed by atoms with Crippen molar-refractivity contribution in [3.8, 4) is 0 Å². The van der Waals surface area contributed by atoms with Gasteiger partial charge in [0, 0.05) is 42.4 Å². The van der Waals surface area contributed by atoms with E-state index in [1.807, 2.05) is 42.5 Å². The van der Waals surface area contributed by atoms with Gasteiger partial charge in [-0.05, 0) is 61.1 Å². The maximum Gasteiger partial charge on any atom is 0.291 e. The van der Waals surface area contributed by atoms with Crippen LogP contribution in [-0.2, 0) is 17.6 Å². The molecule has 0 fully saturated rings. The molecule has 1 unspecified atom stereocenters. The van der Waals surface area contributed by atoms with Gasteiger partial charge in [-0.25, -0.2) is 0 Å². The number of hydrogen-bond acceptors (Lipinski definition) is 4. The molecule has 0 saturated heterocycles. The summed E-state index contributed by atoms with van der Waals surface area (Å²) >= 11 is 0. The average Bonchev–Trinajstić information content (AvgIpc) is 2.77. The maximum absolute atomic E-state index is 12.5. The van der Waals surface area contributed by atoms with E-state index in [-0.39, 0.29) is 17.9 Å². The Labute approximate surface area is 170 Å². The Balaban J connectivity index is 1.39. The van der Waals surface area contributed by atoms with Crippen LogP contribution in [-0.4, -0.2) is 29.4 Å². The third-order valence-electron chi connectivity index (χ3n) is 5.47. The molecule has 1 aromatic carbocycles. The lowest BCUT2D eigenvalue weighted by Crippen LogP contribution is -2.26. The molecule has 1 N–H and O–H groups in total. The largest absolute Gasteiger partial charge is 0.352 e. The van der Waals surface area contributed by atoms with Crippen molar-refractivity contribution in [3.05, 3.63) is 76.6 Å². The summed E-state index contributed by atoms with van der Waals surface area (Å²) in [6.45, 7) is 0.537. The molecule has 0 radical (unpaired) electrons. The lowest BCUT2D eigenvalue weighted by Gasteiger charge is -2.25. The van der Waals surface area contributed by atoms with Crippen molar-refractivity contribution in [1.29, 1.82) is 0 Å². The minimum Gasteiger partial charge on any atom is -0.352 e. The second kappa shape index (κ2) is 8.90. The van der Waals surface area contributed by atoms with Crippen LogP contribution in [0.1, 0.15) is 47.3 Å². The summed E-state index contributed by atoms with van der Waals surface area (Å²) in [7, 11) is 0. The number of azo groups is 1. The molecule has 1 aliphatic carbocycles. The molecule has 0 spiro atoms. The number of amides is 2. The number of hydrogen-bond donors (Lipinski definition) is 1. The number of carbonyl (C=O) groups is 2. The van der Waals surface area contributed by atoms with Crippen LogP contribution < -0.4 is 5.32 Å². The highest BCUT2D eigenvalue weighted by Crippen LogP contribution is 2.33. The van der Waals surface area contributed by atoms with Crippen LogP contribution >= 0.6 is 0 Å². The first-order valence-electron chi connectivity index (χ1n) is 10.1. The second-order valence-electron chi connectivity index (χ2n) is 7.48. The van der Waals surface area contributed by atoms with Gasteiger partial charge in [-0.15, -0.1) is 5.11 Å². The summed E-state index contributed by atoms with van der Waals surface area (Å²) in [5.41, 5.74) is 4.61. The van der Waals surface area contributed by atoms with Gasteiger partial charge >= 0.3 is 0 Å². The number of rotatable bonds is 6. The molecule has 2 aliphatic rings. The third kappa shape index (κ3) is 4.65. The van der Waals surface area contributed by atoms with Crippen molar-refractivity contribution >= 4 is 11.8 Å². The Bertz CT molecular complexity index is 966. The van der Waals surface area contributed by atoms with Gasteiger partial charge in [0.25, 0.3) is 11.8 Å². The van der Waals surface area contributed by atoms with Crippen molar-refractivity contribution < 1.29 is 9.59 Å². The van der Waals surface area contributed by atoms with Crippen molar-refractivity contribution in [2.75, 3.05) is 6.54 Å². The Hall–Kier alpha value is -3.15. The fraction of sp³-hybridized carbons (Fsp3) is 0.348. The Morgan fingerprint density at radius 3 is 2.86 bits per heavy atom.